The number of aliphatic carboxylic acids is 1. The van der Waals surface area contributed by atoms with Gasteiger partial charge >= 0.3 is 5.97 Å². The summed E-state index contributed by atoms with van der Waals surface area (Å²) in [6.45, 7) is 4.28. The lowest BCUT2D eigenvalue weighted by Crippen LogP contribution is -2.47. The Morgan fingerprint density at radius 2 is 1.58 bits per heavy atom. The van der Waals surface area contributed by atoms with Gasteiger partial charge < -0.3 is 14.6 Å². The standard InChI is InChI=1S/C17H26N2O6S/c1-24-15-9-14(10-16(11-15)25-2)12-19-5-3-18(4-6-19)7-8-26(22,23)13-17(20)21/h9-11H,3-8,12-13H2,1-2H3,(H,20,21). The number of rotatable bonds is 9. The number of hydrogen-bond donors (Lipinski definition) is 1. The maximum atomic E-state index is 11.7. The van der Waals surface area contributed by atoms with Crippen molar-refractivity contribution in [2.75, 3.05) is 58.4 Å². The van der Waals surface area contributed by atoms with E-state index in [9.17, 15) is 13.2 Å². The normalized spacial score (nSPS) is 16.4. The van der Waals surface area contributed by atoms with Crippen molar-refractivity contribution in [2.24, 2.45) is 0 Å². The molecule has 0 bridgehead atoms. The maximum Gasteiger partial charge on any atom is 0.318 e. The Bertz CT molecular complexity index is 692. The van der Waals surface area contributed by atoms with Gasteiger partial charge in [-0.25, -0.2) is 8.42 Å². The van der Waals surface area contributed by atoms with Crippen LogP contribution in [-0.4, -0.2) is 87.7 Å². The van der Waals surface area contributed by atoms with Crippen molar-refractivity contribution in [1.82, 2.24) is 9.80 Å². The average Bonchev–Trinajstić information content (AvgIpc) is 2.59. The first kappa shape index (κ1) is 20.5. The summed E-state index contributed by atoms with van der Waals surface area (Å²) in [5, 5.41) is 8.62. The van der Waals surface area contributed by atoms with Gasteiger partial charge in [0.15, 0.2) is 9.84 Å². The van der Waals surface area contributed by atoms with E-state index in [1.54, 1.807) is 14.2 Å². The summed E-state index contributed by atoms with van der Waals surface area (Å²) in [5.74, 6) is -0.719. The molecule has 1 aliphatic rings. The van der Waals surface area contributed by atoms with Crippen LogP contribution in [0.25, 0.3) is 0 Å². The first-order valence-electron chi connectivity index (χ1n) is 8.40. The smallest absolute Gasteiger partial charge is 0.318 e. The van der Waals surface area contributed by atoms with Crippen molar-refractivity contribution < 1.29 is 27.8 Å². The van der Waals surface area contributed by atoms with Gasteiger partial charge in [-0.05, 0) is 17.7 Å². The quantitative estimate of drug-likeness (QED) is 0.648. The average molecular weight is 386 g/mol. The fraction of sp³-hybridized carbons (Fsp3) is 0.588. The van der Waals surface area contributed by atoms with E-state index < -0.39 is 21.6 Å². The van der Waals surface area contributed by atoms with Gasteiger partial charge in [-0.3, -0.25) is 14.6 Å². The molecule has 26 heavy (non-hydrogen) atoms. The molecule has 0 amide bonds. The van der Waals surface area contributed by atoms with Crippen molar-refractivity contribution in [1.29, 1.82) is 0 Å². The molecule has 0 aliphatic carbocycles. The number of carboxylic acids is 1. The molecule has 0 atom stereocenters. The van der Waals surface area contributed by atoms with Crippen LogP contribution in [-0.2, 0) is 21.2 Å². The van der Waals surface area contributed by atoms with E-state index in [1.807, 2.05) is 18.2 Å². The molecule has 2 rings (SSSR count). The second-order valence-electron chi connectivity index (χ2n) is 6.32. The second kappa shape index (κ2) is 9.20. The molecule has 1 aromatic carbocycles. The fourth-order valence-electron chi connectivity index (χ4n) is 2.92. The van der Waals surface area contributed by atoms with E-state index in [4.69, 9.17) is 14.6 Å². The number of piperazine rings is 1. The van der Waals surface area contributed by atoms with E-state index in [1.165, 1.54) is 0 Å². The summed E-state index contributed by atoms with van der Waals surface area (Å²) < 4.78 is 33.9. The highest BCUT2D eigenvalue weighted by atomic mass is 32.2. The first-order chi connectivity index (χ1) is 12.3. The molecular formula is C17H26N2O6S. The largest absolute Gasteiger partial charge is 0.497 e. The van der Waals surface area contributed by atoms with E-state index in [0.717, 1.165) is 49.8 Å². The number of carbonyl (C=O) groups is 1. The monoisotopic (exact) mass is 386 g/mol. The van der Waals surface area contributed by atoms with E-state index in [0.29, 0.717) is 6.54 Å². The highest BCUT2D eigenvalue weighted by molar-refractivity contribution is 7.92. The van der Waals surface area contributed by atoms with Crippen molar-refractivity contribution >= 4 is 15.8 Å². The highest BCUT2D eigenvalue weighted by Gasteiger charge is 2.21. The van der Waals surface area contributed by atoms with Crippen LogP contribution in [0.4, 0.5) is 0 Å². The van der Waals surface area contributed by atoms with Crippen LogP contribution in [0.3, 0.4) is 0 Å². The van der Waals surface area contributed by atoms with Crippen LogP contribution in [0, 0.1) is 0 Å². The number of carboxylic acid groups (broad SMARTS) is 1. The molecule has 1 N–H and O–H groups in total. The number of hydrogen-bond acceptors (Lipinski definition) is 7. The van der Waals surface area contributed by atoms with Gasteiger partial charge in [0.25, 0.3) is 0 Å². The fourth-order valence-corrected chi connectivity index (χ4v) is 3.97. The Kier molecular flexibility index (Phi) is 7.24. The molecule has 0 radical (unpaired) electrons. The Labute approximate surface area is 154 Å². The van der Waals surface area contributed by atoms with Crippen molar-refractivity contribution in [3.63, 3.8) is 0 Å². The number of sulfone groups is 1. The van der Waals surface area contributed by atoms with Gasteiger partial charge in [0.1, 0.15) is 17.3 Å². The number of ether oxygens (including phenoxy) is 2. The SMILES string of the molecule is COc1cc(CN2CCN(CCS(=O)(=O)CC(=O)O)CC2)cc(OC)c1. The highest BCUT2D eigenvalue weighted by Crippen LogP contribution is 2.23. The van der Waals surface area contributed by atoms with Crippen LogP contribution in [0.1, 0.15) is 5.56 Å². The van der Waals surface area contributed by atoms with Crippen LogP contribution in [0.2, 0.25) is 0 Å². The van der Waals surface area contributed by atoms with Gasteiger partial charge in [-0.2, -0.15) is 0 Å². The zero-order valence-electron chi connectivity index (χ0n) is 15.2. The minimum atomic E-state index is -3.54. The third-order valence-electron chi connectivity index (χ3n) is 4.34. The summed E-state index contributed by atoms with van der Waals surface area (Å²) in [7, 11) is -0.299. The predicted octanol–water partition coefficient (Wildman–Crippen LogP) is 0.321. The predicted molar refractivity (Wildman–Crippen MR) is 97.6 cm³/mol. The van der Waals surface area contributed by atoms with Crippen LogP contribution in [0.15, 0.2) is 18.2 Å². The Morgan fingerprint density at radius 3 is 2.08 bits per heavy atom. The van der Waals surface area contributed by atoms with Gasteiger partial charge in [-0.15, -0.1) is 0 Å². The molecule has 1 saturated heterocycles. The molecule has 0 saturated carbocycles. The molecule has 1 aliphatic heterocycles. The molecule has 1 aromatic rings. The Morgan fingerprint density at radius 1 is 1.04 bits per heavy atom. The van der Waals surface area contributed by atoms with Crippen LogP contribution >= 0.6 is 0 Å². The summed E-state index contributed by atoms with van der Waals surface area (Å²) in [6.07, 6.45) is 0. The molecule has 8 nitrogen and oxygen atoms in total. The maximum absolute atomic E-state index is 11.7. The summed E-state index contributed by atoms with van der Waals surface area (Å²) in [5.41, 5.74) is 1.10. The number of nitrogens with zero attached hydrogens (tertiary/aromatic N) is 2. The molecular weight excluding hydrogens is 360 g/mol. The van der Waals surface area contributed by atoms with E-state index in [-0.39, 0.29) is 5.75 Å². The molecule has 0 aromatic heterocycles. The van der Waals surface area contributed by atoms with Gasteiger partial charge in [-0.1, -0.05) is 0 Å². The third-order valence-corrected chi connectivity index (χ3v) is 5.84. The van der Waals surface area contributed by atoms with Crippen LogP contribution < -0.4 is 9.47 Å². The zero-order valence-corrected chi connectivity index (χ0v) is 16.0. The summed E-state index contributed by atoms with van der Waals surface area (Å²) in [4.78, 5) is 14.9. The van der Waals surface area contributed by atoms with E-state index in [2.05, 4.69) is 9.80 Å². The molecule has 9 heteroatoms. The lowest BCUT2D eigenvalue weighted by molar-refractivity contribution is -0.134. The third kappa shape index (κ3) is 6.47. The number of methoxy groups -OCH3 is 2. The Hall–Kier alpha value is -1.84. The topological polar surface area (TPSA) is 96.4 Å². The first-order valence-corrected chi connectivity index (χ1v) is 10.2. The summed E-state index contributed by atoms with van der Waals surface area (Å²) >= 11 is 0. The Balaban J connectivity index is 1.82. The number of benzene rings is 1. The molecule has 1 heterocycles. The minimum Gasteiger partial charge on any atom is -0.497 e. The van der Waals surface area contributed by atoms with Gasteiger partial charge in [0, 0.05) is 45.3 Å². The van der Waals surface area contributed by atoms with Crippen molar-refractivity contribution in [3.8, 4) is 11.5 Å². The lowest BCUT2D eigenvalue weighted by atomic mass is 10.1. The molecule has 146 valence electrons. The van der Waals surface area contributed by atoms with E-state index >= 15 is 0 Å². The lowest BCUT2D eigenvalue weighted by Gasteiger charge is -2.34. The van der Waals surface area contributed by atoms with Gasteiger partial charge in [0.2, 0.25) is 0 Å². The zero-order chi connectivity index (χ0) is 19.2. The molecule has 0 spiro atoms. The molecule has 1 fully saturated rings. The molecule has 0 unspecified atom stereocenters. The second-order valence-corrected chi connectivity index (χ2v) is 8.51. The van der Waals surface area contributed by atoms with Crippen LogP contribution in [0.5, 0.6) is 11.5 Å². The van der Waals surface area contributed by atoms with Crippen molar-refractivity contribution in [3.05, 3.63) is 23.8 Å². The van der Waals surface area contributed by atoms with Gasteiger partial charge in [0.05, 0.1) is 20.0 Å². The minimum absolute atomic E-state index is 0.119. The summed E-state index contributed by atoms with van der Waals surface area (Å²) in [6, 6.07) is 5.79. The van der Waals surface area contributed by atoms with Crippen molar-refractivity contribution in [2.45, 2.75) is 6.54 Å².